The van der Waals surface area contributed by atoms with E-state index in [9.17, 15) is 9.59 Å². The third-order valence-corrected chi connectivity index (χ3v) is 7.89. The van der Waals surface area contributed by atoms with E-state index in [1.165, 1.54) is 51.4 Å². The Kier molecular flexibility index (Phi) is 21.4. The molecular weight excluding hydrogens is 678 g/mol. The Labute approximate surface area is 256 Å². The molecule has 0 N–H and O–H groups in total. The molecule has 2 heterocycles. The van der Waals surface area contributed by atoms with Gasteiger partial charge in [0.15, 0.2) is 0 Å². The Morgan fingerprint density at radius 3 is 1.42 bits per heavy atom. The number of piperidine rings is 2. The van der Waals surface area contributed by atoms with Crippen LogP contribution in [0.1, 0.15) is 90.9 Å². The summed E-state index contributed by atoms with van der Waals surface area (Å²) in [5.74, 6) is 0.751. The summed E-state index contributed by atoms with van der Waals surface area (Å²) in [7, 11) is 3.83. The molecule has 2 aliphatic rings. The van der Waals surface area contributed by atoms with Gasteiger partial charge in [-0.2, -0.15) is 0 Å². The van der Waals surface area contributed by atoms with Crippen LogP contribution in [0.15, 0.2) is 0 Å². The number of likely N-dealkylation sites (N-methyl/N-ethyl adjacent to an activating group) is 2. The molecule has 36 heavy (non-hydrogen) atoms. The van der Waals surface area contributed by atoms with Crippen LogP contribution in [0.25, 0.3) is 0 Å². The molecule has 2 fully saturated rings. The number of hydrogen-bond donors (Lipinski definition) is 0. The first kappa shape index (κ1) is 36.3. The van der Waals surface area contributed by atoms with Crippen molar-refractivity contribution in [3.63, 3.8) is 0 Å². The minimum atomic E-state index is 0. The highest BCUT2D eigenvalue weighted by atomic mass is 127. The Morgan fingerprint density at radius 2 is 1.06 bits per heavy atom. The lowest BCUT2D eigenvalue weighted by molar-refractivity contribution is -0.139. The molecular formula is C28H56I2N4O2. The minimum absolute atomic E-state index is 0. The molecule has 2 aliphatic heterocycles. The molecule has 8 heteroatoms. The van der Waals surface area contributed by atoms with Gasteiger partial charge < -0.3 is 19.6 Å². The summed E-state index contributed by atoms with van der Waals surface area (Å²) in [6, 6.07) is 0. The number of carbonyl (C=O) groups is 2. The summed E-state index contributed by atoms with van der Waals surface area (Å²) < 4.78 is 0. The van der Waals surface area contributed by atoms with Crippen molar-refractivity contribution in [3.05, 3.63) is 0 Å². The fourth-order valence-electron chi connectivity index (χ4n) is 5.59. The minimum Gasteiger partial charge on any atom is -0.344 e. The molecule has 2 unspecified atom stereocenters. The topological polar surface area (TPSA) is 47.1 Å². The molecule has 0 bridgehead atoms. The number of likely N-dealkylation sites (tertiary alicyclic amines) is 2. The molecule has 2 rings (SSSR count). The maximum Gasteiger partial charge on any atom is 0.226 e. The number of nitrogens with zero attached hydrogens (tertiary/aromatic N) is 4. The SMILES string of the molecule is CCCCCCN1CCCC(C(=O)N(C)CCN(C)C(=O)C2CCCN(CCCCCC)C2)C1.I.I. The van der Waals surface area contributed by atoms with E-state index in [-0.39, 0.29) is 71.6 Å². The lowest BCUT2D eigenvalue weighted by Crippen LogP contribution is -2.47. The van der Waals surface area contributed by atoms with Gasteiger partial charge >= 0.3 is 0 Å². The summed E-state index contributed by atoms with van der Waals surface area (Å²) >= 11 is 0. The van der Waals surface area contributed by atoms with Crippen molar-refractivity contribution in [2.24, 2.45) is 11.8 Å². The van der Waals surface area contributed by atoms with Gasteiger partial charge in [-0.15, -0.1) is 48.0 Å². The van der Waals surface area contributed by atoms with E-state index in [0.717, 1.165) is 65.0 Å². The zero-order valence-electron chi connectivity index (χ0n) is 23.7. The van der Waals surface area contributed by atoms with Gasteiger partial charge in [0.2, 0.25) is 11.8 Å². The van der Waals surface area contributed by atoms with Crippen molar-refractivity contribution in [1.82, 2.24) is 19.6 Å². The summed E-state index contributed by atoms with van der Waals surface area (Å²) in [5.41, 5.74) is 0. The Bertz CT molecular complexity index is 546. The average molecular weight is 735 g/mol. The number of carbonyl (C=O) groups excluding carboxylic acids is 2. The first-order valence-corrected chi connectivity index (χ1v) is 14.4. The highest BCUT2D eigenvalue weighted by molar-refractivity contribution is 14.0. The lowest BCUT2D eigenvalue weighted by atomic mass is 9.96. The first-order valence-electron chi connectivity index (χ1n) is 14.4. The molecule has 0 saturated carbocycles. The van der Waals surface area contributed by atoms with Crippen molar-refractivity contribution >= 4 is 59.8 Å². The van der Waals surface area contributed by atoms with E-state index in [1.807, 2.05) is 23.9 Å². The normalized spacial score (nSPS) is 20.8. The van der Waals surface area contributed by atoms with Crippen LogP contribution in [0.5, 0.6) is 0 Å². The van der Waals surface area contributed by atoms with Gasteiger partial charge in [0.25, 0.3) is 0 Å². The van der Waals surface area contributed by atoms with Crippen LogP contribution in [0.4, 0.5) is 0 Å². The number of unbranched alkanes of at least 4 members (excludes halogenated alkanes) is 6. The lowest BCUT2D eigenvalue weighted by Gasteiger charge is -2.35. The van der Waals surface area contributed by atoms with E-state index in [0.29, 0.717) is 13.1 Å². The average Bonchev–Trinajstić information content (AvgIpc) is 2.87. The quantitative estimate of drug-likeness (QED) is 0.160. The molecule has 0 radical (unpaired) electrons. The number of amides is 2. The molecule has 0 aromatic carbocycles. The fourth-order valence-corrected chi connectivity index (χ4v) is 5.59. The predicted octanol–water partition coefficient (Wildman–Crippen LogP) is 5.72. The second-order valence-corrected chi connectivity index (χ2v) is 10.9. The first-order chi connectivity index (χ1) is 16.5. The van der Waals surface area contributed by atoms with Gasteiger partial charge in [0.05, 0.1) is 11.8 Å². The number of rotatable bonds is 15. The Morgan fingerprint density at radius 1 is 0.667 bits per heavy atom. The molecule has 0 aromatic heterocycles. The van der Waals surface area contributed by atoms with E-state index in [1.54, 1.807) is 0 Å². The standard InChI is InChI=1S/C28H54N4O2.2HI/c1-5-7-9-11-17-31-19-13-15-25(23-31)27(33)29(3)21-22-30(4)28(34)26-16-14-20-32(24-26)18-12-10-8-6-2;;/h25-26H,5-24H2,1-4H3;2*1H. The van der Waals surface area contributed by atoms with Crippen molar-refractivity contribution in [3.8, 4) is 0 Å². The smallest absolute Gasteiger partial charge is 0.226 e. The Balaban J connectivity index is 0.00000612. The molecule has 0 aliphatic carbocycles. The van der Waals surface area contributed by atoms with Gasteiger partial charge in [-0.1, -0.05) is 52.4 Å². The van der Waals surface area contributed by atoms with E-state index < -0.39 is 0 Å². The zero-order chi connectivity index (χ0) is 24.8. The van der Waals surface area contributed by atoms with Crippen LogP contribution < -0.4 is 0 Å². The number of halogens is 2. The monoisotopic (exact) mass is 734 g/mol. The largest absolute Gasteiger partial charge is 0.344 e. The van der Waals surface area contributed by atoms with Crippen LogP contribution in [0.3, 0.4) is 0 Å². The van der Waals surface area contributed by atoms with Crippen molar-refractivity contribution in [2.75, 3.05) is 66.5 Å². The Hall–Kier alpha value is 0.320. The molecule has 0 aromatic rings. The van der Waals surface area contributed by atoms with Crippen molar-refractivity contribution in [2.45, 2.75) is 90.9 Å². The summed E-state index contributed by atoms with van der Waals surface area (Å²) in [6.07, 6.45) is 14.5. The molecule has 214 valence electrons. The highest BCUT2D eigenvalue weighted by Gasteiger charge is 2.30. The van der Waals surface area contributed by atoms with Gasteiger partial charge in [-0.25, -0.2) is 0 Å². The van der Waals surface area contributed by atoms with Gasteiger partial charge in [-0.05, 0) is 64.7 Å². The third kappa shape index (κ3) is 13.4. The van der Waals surface area contributed by atoms with Gasteiger partial charge in [0, 0.05) is 40.3 Å². The summed E-state index contributed by atoms with van der Waals surface area (Å²) in [6.45, 7) is 12.1. The second-order valence-electron chi connectivity index (χ2n) is 10.9. The number of hydrogen-bond acceptors (Lipinski definition) is 4. The fraction of sp³-hybridized carbons (Fsp3) is 0.929. The van der Waals surface area contributed by atoms with E-state index in [2.05, 4.69) is 23.6 Å². The molecule has 2 saturated heterocycles. The molecule has 2 amide bonds. The van der Waals surface area contributed by atoms with Crippen LogP contribution in [-0.2, 0) is 9.59 Å². The van der Waals surface area contributed by atoms with Crippen molar-refractivity contribution in [1.29, 1.82) is 0 Å². The van der Waals surface area contributed by atoms with Crippen molar-refractivity contribution < 1.29 is 9.59 Å². The second kappa shape index (κ2) is 21.2. The highest BCUT2D eigenvalue weighted by Crippen LogP contribution is 2.21. The predicted molar refractivity (Wildman–Crippen MR) is 173 cm³/mol. The molecule has 2 atom stereocenters. The molecule has 0 spiro atoms. The van der Waals surface area contributed by atoms with E-state index in [4.69, 9.17) is 0 Å². The maximum atomic E-state index is 13.1. The third-order valence-electron chi connectivity index (χ3n) is 7.89. The van der Waals surface area contributed by atoms with Gasteiger partial charge in [0.1, 0.15) is 0 Å². The zero-order valence-corrected chi connectivity index (χ0v) is 28.4. The van der Waals surface area contributed by atoms with Crippen LogP contribution >= 0.6 is 48.0 Å². The van der Waals surface area contributed by atoms with Crippen LogP contribution in [-0.4, -0.2) is 97.9 Å². The summed E-state index contributed by atoms with van der Waals surface area (Å²) in [5, 5.41) is 0. The van der Waals surface area contributed by atoms with Crippen LogP contribution in [0.2, 0.25) is 0 Å². The summed E-state index contributed by atoms with van der Waals surface area (Å²) in [4.78, 5) is 34.9. The van der Waals surface area contributed by atoms with Crippen LogP contribution in [0, 0.1) is 11.8 Å². The molecule has 6 nitrogen and oxygen atoms in total. The van der Waals surface area contributed by atoms with E-state index >= 15 is 0 Å². The maximum absolute atomic E-state index is 13.1. The van der Waals surface area contributed by atoms with Gasteiger partial charge in [-0.3, -0.25) is 9.59 Å².